The quantitative estimate of drug-likeness (QED) is 0.202. The molecule has 0 atom stereocenters. The van der Waals surface area contributed by atoms with Gasteiger partial charge in [-0.1, -0.05) is 52.8 Å². The van der Waals surface area contributed by atoms with Gasteiger partial charge in [-0.05, 0) is 54.0 Å². The molecule has 39 heavy (non-hydrogen) atoms. The summed E-state index contributed by atoms with van der Waals surface area (Å²) in [5.74, 6) is 0.572. The van der Waals surface area contributed by atoms with Crippen molar-refractivity contribution in [2.24, 2.45) is 0 Å². The van der Waals surface area contributed by atoms with Crippen molar-refractivity contribution in [3.63, 3.8) is 0 Å². The van der Waals surface area contributed by atoms with Crippen LogP contribution in [0, 0.1) is 0 Å². The molecular formula is C31H30BrN3O4. The number of carbonyl (C=O) groups excluding carboxylic acids is 3. The highest BCUT2D eigenvalue weighted by Crippen LogP contribution is 2.31. The highest BCUT2D eigenvalue weighted by atomic mass is 79.9. The van der Waals surface area contributed by atoms with Gasteiger partial charge in [0.1, 0.15) is 12.3 Å². The molecule has 1 N–H and O–H groups in total. The van der Waals surface area contributed by atoms with Crippen LogP contribution in [-0.4, -0.2) is 53.3 Å². The monoisotopic (exact) mass is 587 g/mol. The number of nitrogens with zero attached hydrogens (tertiary/aromatic N) is 2. The molecule has 7 nitrogen and oxygen atoms in total. The topological polar surface area (TPSA) is 80.6 Å². The van der Waals surface area contributed by atoms with Crippen molar-refractivity contribution in [3.05, 3.63) is 89.0 Å². The first-order valence-corrected chi connectivity index (χ1v) is 13.7. The Hall–Kier alpha value is -3.91. The van der Waals surface area contributed by atoms with Crippen LogP contribution >= 0.6 is 15.9 Å². The van der Waals surface area contributed by atoms with Gasteiger partial charge in [-0.3, -0.25) is 14.4 Å². The molecule has 1 aliphatic rings. The number of rotatable bonds is 10. The molecule has 2 amide bonds. The van der Waals surface area contributed by atoms with Crippen LogP contribution in [0.2, 0.25) is 0 Å². The standard InChI is InChI=1S/C31H30BrN3O4/c1-3-31(38)35-16-22(17-35)33-30(37)19-34-18-26(25-15-21(32)12-13-27(25)34)28(36)10-6-9-24-23-8-5-4-7-20(23)11-14-29(24)39-2/h3-5,7-8,11-15,18,22H,1,6,9-10,16-17,19H2,2H3,(H,33,37). The molecule has 0 bridgehead atoms. The molecule has 1 saturated heterocycles. The maximum Gasteiger partial charge on any atom is 0.246 e. The van der Waals surface area contributed by atoms with Crippen LogP contribution in [-0.2, 0) is 22.6 Å². The summed E-state index contributed by atoms with van der Waals surface area (Å²) < 4.78 is 8.31. The summed E-state index contributed by atoms with van der Waals surface area (Å²) in [6, 6.07) is 17.9. The fraction of sp³-hybridized carbons (Fsp3) is 0.258. The molecular weight excluding hydrogens is 558 g/mol. The molecule has 200 valence electrons. The summed E-state index contributed by atoms with van der Waals surface area (Å²) in [5.41, 5.74) is 2.54. The van der Waals surface area contributed by atoms with Gasteiger partial charge in [0.25, 0.3) is 0 Å². The average molecular weight is 589 g/mol. The Morgan fingerprint density at radius 2 is 1.90 bits per heavy atom. The summed E-state index contributed by atoms with van der Waals surface area (Å²) >= 11 is 3.52. The predicted molar refractivity (Wildman–Crippen MR) is 156 cm³/mol. The molecule has 5 rings (SSSR count). The number of nitrogens with one attached hydrogen (secondary N) is 1. The zero-order valence-electron chi connectivity index (χ0n) is 21.8. The first-order valence-electron chi connectivity index (χ1n) is 12.9. The highest BCUT2D eigenvalue weighted by molar-refractivity contribution is 9.10. The molecule has 0 aliphatic carbocycles. The average Bonchev–Trinajstić information content (AvgIpc) is 3.27. The second kappa shape index (κ2) is 11.5. The van der Waals surface area contributed by atoms with Gasteiger partial charge < -0.3 is 19.5 Å². The molecule has 1 aromatic heterocycles. The zero-order valence-corrected chi connectivity index (χ0v) is 23.4. The number of ketones is 1. The van der Waals surface area contributed by atoms with Crippen LogP contribution in [0.1, 0.15) is 28.8 Å². The van der Waals surface area contributed by atoms with Crippen molar-refractivity contribution in [1.29, 1.82) is 0 Å². The Morgan fingerprint density at radius 3 is 2.67 bits per heavy atom. The molecule has 8 heteroatoms. The highest BCUT2D eigenvalue weighted by Gasteiger charge is 2.30. The van der Waals surface area contributed by atoms with Crippen LogP contribution in [0.3, 0.4) is 0 Å². The molecule has 1 fully saturated rings. The summed E-state index contributed by atoms with van der Waals surface area (Å²) in [6.07, 6.45) is 4.82. The van der Waals surface area contributed by atoms with Gasteiger partial charge in [-0.15, -0.1) is 0 Å². The Labute approximate surface area is 235 Å². The number of ether oxygens (including phenoxy) is 1. The van der Waals surface area contributed by atoms with E-state index in [4.69, 9.17) is 4.74 Å². The van der Waals surface area contributed by atoms with Gasteiger partial charge >= 0.3 is 0 Å². The maximum absolute atomic E-state index is 13.4. The lowest BCUT2D eigenvalue weighted by atomic mass is 9.97. The Bertz CT molecular complexity index is 1590. The number of carbonyl (C=O) groups is 3. The second-order valence-corrected chi connectivity index (χ2v) is 10.7. The Kier molecular flexibility index (Phi) is 7.84. The summed E-state index contributed by atoms with van der Waals surface area (Å²) in [5, 5.41) is 6.07. The number of halogens is 1. The number of fused-ring (bicyclic) bond motifs is 2. The Balaban J connectivity index is 1.28. The van der Waals surface area contributed by atoms with Crippen molar-refractivity contribution >= 4 is 55.2 Å². The van der Waals surface area contributed by atoms with Crippen molar-refractivity contribution in [3.8, 4) is 5.75 Å². The SMILES string of the molecule is C=CC(=O)N1CC(NC(=O)Cn2cc(C(=O)CCCc3c(OC)ccc4ccccc34)c3cc(Br)ccc32)C1. The summed E-state index contributed by atoms with van der Waals surface area (Å²) in [7, 11) is 1.67. The minimum Gasteiger partial charge on any atom is -0.496 e. The van der Waals surface area contributed by atoms with Crippen LogP contribution < -0.4 is 10.1 Å². The van der Waals surface area contributed by atoms with Crippen LogP contribution in [0.25, 0.3) is 21.7 Å². The van der Waals surface area contributed by atoms with Crippen LogP contribution in [0.4, 0.5) is 0 Å². The predicted octanol–water partition coefficient (Wildman–Crippen LogP) is 5.28. The molecule has 0 radical (unpaired) electrons. The number of aromatic nitrogens is 1. The van der Waals surface area contributed by atoms with E-state index < -0.39 is 0 Å². The van der Waals surface area contributed by atoms with E-state index in [-0.39, 0.29) is 30.2 Å². The van der Waals surface area contributed by atoms with Crippen LogP contribution in [0.5, 0.6) is 5.75 Å². The normalized spacial score (nSPS) is 13.3. The summed E-state index contributed by atoms with van der Waals surface area (Å²) in [4.78, 5) is 39.5. The first-order chi connectivity index (χ1) is 18.9. The number of hydrogen-bond donors (Lipinski definition) is 1. The van der Waals surface area contributed by atoms with Gasteiger partial charge in [0.05, 0.1) is 13.2 Å². The lowest BCUT2D eigenvalue weighted by Gasteiger charge is -2.38. The molecule has 0 spiro atoms. The number of hydrogen-bond acceptors (Lipinski definition) is 4. The van der Waals surface area contributed by atoms with E-state index in [0.717, 1.165) is 37.5 Å². The third kappa shape index (κ3) is 5.61. The lowest BCUT2D eigenvalue weighted by Crippen LogP contribution is -2.61. The minimum absolute atomic E-state index is 0.0361. The summed E-state index contributed by atoms with van der Waals surface area (Å²) in [6.45, 7) is 4.53. The van der Waals surface area contributed by atoms with Crippen LogP contribution in [0.15, 0.2) is 77.9 Å². The molecule has 2 heterocycles. The largest absolute Gasteiger partial charge is 0.496 e. The van der Waals surface area contributed by atoms with E-state index >= 15 is 0 Å². The fourth-order valence-electron chi connectivity index (χ4n) is 5.25. The van der Waals surface area contributed by atoms with Gasteiger partial charge in [0, 0.05) is 52.2 Å². The number of amides is 2. The number of aryl methyl sites for hydroxylation is 1. The van der Waals surface area contributed by atoms with Gasteiger partial charge in [0.2, 0.25) is 11.8 Å². The zero-order chi connectivity index (χ0) is 27.5. The minimum atomic E-state index is -0.160. The van der Waals surface area contributed by atoms with E-state index in [1.54, 1.807) is 18.2 Å². The van der Waals surface area contributed by atoms with E-state index in [0.29, 0.717) is 37.9 Å². The Morgan fingerprint density at radius 1 is 1.10 bits per heavy atom. The smallest absolute Gasteiger partial charge is 0.246 e. The molecule has 3 aromatic carbocycles. The van der Waals surface area contributed by atoms with Gasteiger partial charge in [-0.2, -0.15) is 0 Å². The fourth-order valence-corrected chi connectivity index (χ4v) is 5.62. The van der Waals surface area contributed by atoms with Crippen molar-refractivity contribution in [2.75, 3.05) is 20.2 Å². The third-order valence-corrected chi connectivity index (χ3v) is 7.73. The molecule has 4 aromatic rings. The number of Topliss-reactive ketones (excluding diaryl/α,β-unsaturated/α-hetero) is 1. The van der Waals surface area contributed by atoms with Crippen molar-refractivity contribution in [1.82, 2.24) is 14.8 Å². The molecule has 0 unspecified atom stereocenters. The first kappa shape index (κ1) is 26.7. The maximum atomic E-state index is 13.4. The number of benzene rings is 3. The second-order valence-electron chi connectivity index (χ2n) is 9.79. The third-order valence-electron chi connectivity index (χ3n) is 7.24. The lowest BCUT2D eigenvalue weighted by molar-refractivity contribution is -0.133. The van der Waals surface area contributed by atoms with Crippen molar-refractivity contribution < 1.29 is 19.1 Å². The molecule has 0 saturated carbocycles. The van der Waals surface area contributed by atoms with Gasteiger partial charge in [0.15, 0.2) is 5.78 Å². The number of likely N-dealkylation sites (tertiary alicyclic amines) is 1. The van der Waals surface area contributed by atoms with Gasteiger partial charge in [-0.25, -0.2) is 0 Å². The number of methoxy groups -OCH3 is 1. The van der Waals surface area contributed by atoms with E-state index in [1.165, 1.54) is 6.08 Å². The van der Waals surface area contributed by atoms with Crippen molar-refractivity contribution in [2.45, 2.75) is 31.8 Å². The molecule has 1 aliphatic heterocycles. The van der Waals surface area contributed by atoms with E-state index in [1.807, 2.05) is 47.0 Å². The van der Waals surface area contributed by atoms with E-state index in [2.05, 4.69) is 40.0 Å². The van der Waals surface area contributed by atoms with E-state index in [9.17, 15) is 14.4 Å².